The van der Waals surface area contributed by atoms with Crippen LogP contribution in [-0.2, 0) is 17.8 Å². The van der Waals surface area contributed by atoms with Crippen LogP contribution in [0.3, 0.4) is 0 Å². The molecule has 2 atom stereocenters. The molecule has 0 unspecified atom stereocenters. The van der Waals surface area contributed by atoms with Crippen LogP contribution in [0.2, 0.25) is 0 Å². The van der Waals surface area contributed by atoms with E-state index in [9.17, 15) is 4.79 Å². The minimum Gasteiger partial charge on any atom is -0.489 e. The maximum absolute atomic E-state index is 12.6. The van der Waals surface area contributed by atoms with Gasteiger partial charge in [0.1, 0.15) is 18.1 Å². The molecular formula is C26H25NO2. The summed E-state index contributed by atoms with van der Waals surface area (Å²) in [6.07, 6.45) is 2.22. The lowest BCUT2D eigenvalue weighted by molar-refractivity contribution is -0.126. The summed E-state index contributed by atoms with van der Waals surface area (Å²) in [5, 5.41) is 0. The predicted molar refractivity (Wildman–Crippen MR) is 114 cm³/mol. The molecule has 1 fully saturated rings. The average molecular weight is 383 g/mol. The number of ether oxygens (including phenoxy) is 1. The van der Waals surface area contributed by atoms with Gasteiger partial charge >= 0.3 is 0 Å². The summed E-state index contributed by atoms with van der Waals surface area (Å²) in [5.74, 6) is 1.26. The monoisotopic (exact) mass is 383 g/mol. The minimum absolute atomic E-state index is 0.174. The Morgan fingerprint density at radius 1 is 0.862 bits per heavy atom. The summed E-state index contributed by atoms with van der Waals surface area (Å²) in [6, 6.07) is 27.5. The van der Waals surface area contributed by atoms with Gasteiger partial charge in [-0.2, -0.15) is 0 Å². The number of carbonyl (C=O) groups is 1. The smallest absolute Gasteiger partial charge is 0.136 e. The number of Topliss-reactive ketones (excluding diaryl/α,β-unsaturated/α-hetero) is 1. The first-order valence-electron chi connectivity index (χ1n) is 10.4. The SMILES string of the molecule is O=C1C[C@@H](c2ccccc2)N2CCc3cc(OCc4ccccc4)ccc3[C@@H]2C1. The van der Waals surface area contributed by atoms with Gasteiger partial charge in [0.2, 0.25) is 0 Å². The van der Waals surface area contributed by atoms with Crippen molar-refractivity contribution in [3.05, 3.63) is 101 Å². The molecule has 5 rings (SSSR count). The largest absolute Gasteiger partial charge is 0.489 e. The summed E-state index contributed by atoms with van der Waals surface area (Å²) in [7, 11) is 0. The Balaban J connectivity index is 1.38. The van der Waals surface area contributed by atoms with Crippen molar-refractivity contribution < 1.29 is 9.53 Å². The van der Waals surface area contributed by atoms with Crippen LogP contribution in [0.15, 0.2) is 78.9 Å². The van der Waals surface area contributed by atoms with Crippen LogP contribution in [-0.4, -0.2) is 17.2 Å². The fourth-order valence-electron chi connectivity index (χ4n) is 4.76. The van der Waals surface area contributed by atoms with E-state index in [4.69, 9.17) is 4.74 Å². The molecule has 0 aromatic heterocycles. The Kier molecular flexibility index (Phi) is 4.91. The zero-order valence-electron chi connectivity index (χ0n) is 16.5. The highest BCUT2D eigenvalue weighted by Gasteiger charge is 2.39. The number of hydrogen-bond donors (Lipinski definition) is 0. The summed E-state index contributed by atoms with van der Waals surface area (Å²) in [6.45, 7) is 1.55. The number of nitrogens with zero attached hydrogens (tertiary/aromatic N) is 1. The predicted octanol–water partition coefficient (Wildman–Crippen LogP) is 5.27. The van der Waals surface area contributed by atoms with Crippen LogP contribution in [0.1, 0.15) is 47.2 Å². The van der Waals surface area contributed by atoms with Crippen LogP contribution < -0.4 is 4.74 Å². The molecule has 3 aromatic rings. The van der Waals surface area contributed by atoms with Crippen molar-refractivity contribution in [3.8, 4) is 5.75 Å². The van der Waals surface area contributed by atoms with Crippen molar-refractivity contribution >= 4 is 5.78 Å². The maximum Gasteiger partial charge on any atom is 0.136 e. The van der Waals surface area contributed by atoms with E-state index in [-0.39, 0.29) is 12.1 Å². The van der Waals surface area contributed by atoms with E-state index in [1.807, 2.05) is 24.3 Å². The van der Waals surface area contributed by atoms with Crippen LogP contribution in [0, 0.1) is 0 Å². The lowest BCUT2D eigenvalue weighted by atomic mass is 9.82. The fourth-order valence-corrected chi connectivity index (χ4v) is 4.76. The van der Waals surface area contributed by atoms with Crippen molar-refractivity contribution in [2.75, 3.05) is 6.54 Å². The zero-order valence-corrected chi connectivity index (χ0v) is 16.5. The van der Waals surface area contributed by atoms with Crippen molar-refractivity contribution in [1.29, 1.82) is 0 Å². The molecule has 2 aliphatic rings. The van der Waals surface area contributed by atoms with Gasteiger partial charge in [-0.15, -0.1) is 0 Å². The number of rotatable bonds is 4. The van der Waals surface area contributed by atoms with Gasteiger partial charge in [0, 0.05) is 31.5 Å². The average Bonchev–Trinajstić information content (AvgIpc) is 2.78. The summed E-state index contributed by atoms with van der Waals surface area (Å²) < 4.78 is 6.03. The second-order valence-corrected chi connectivity index (χ2v) is 8.01. The van der Waals surface area contributed by atoms with E-state index >= 15 is 0 Å². The highest BCUT2D eigenvalue weighted by atomic mass is 16.5. The first-order chi connectivity index (χ1) is 14.3. The second kappa shape index (κ2) is 7.84. The van der Waals surface area contributed by atoms with Crippen LogP contribution in [0.5, 0.6) is 5.75 Å². The summed E-state index contributed by atoms with van der Waals surface area (Å²) in [5.41, 5.74) is 5.02. The van der Waals surface area contributed by atoms with E-state index in [1.165, 1.54) is 22.3 Å². The van der Waals surface area contributed by atoms with Gasteiger partial charge < -0.3 is 4.74 Å². The first-order valence-corrected chi connectivity index (χ1v) is 10.4. The van der Waals surface area contributed by atoms with Gasteiger partial charge in [-0.05, 0) is 40.8 Å². The molecule has 2 heterocycles. The van der Waals surface area contributed by atoms with Gasteiger partial charge in [-0.1, -0.05) is 66.7 Å². The zero-order chi connectivity index (χ0) is 19.6. The molecule has 3 aromatic carbocycles. The molecule has 0 saturated carbocycles. The molecule has 1 saturated heterocycles. The van der Waals surface area contributed by atoms with Gasteiger partial charge in [0.05, 0.1) is 0 Å². The molecule has 29 heavy (non-hydrogen) atoms. The standard InChI is InChI=1S/C26H25NO2/c28-22-16-25(20-9-5-2-6-10-20)27-14-13-21-15-23(11-12-24(21)26(27)17-22)29-18-19-7-3-1-4-8-19/h1-12,15,25-26H,13-14,16-18H2/t25-,26-/m0/s1. The number of fused-ring (bicyclic) bond motifs is 3. The fraction of sp³-hybridized carbons (Fsp3) is 0.269. The lowest BCUT2D eigenvalue weighted by Crippen LogP contribution is -2.43. The van der Waals surface area contributed by atoms with Crippen molar-refractivity contribution in [1.82, 2.24) is 4.90 Å². The van der Waals surface area contributed by atoms with E-state index in [2.05, 4.69) is 59.5 Å². The summed E-state index contributed by atoms with van der Waals surface area (Å²) >= 11 is 0. The Morgan fingerprint density at radius 2 is 1.59 bits per heavy atom. The third-order valence-corrected chi connectivity index (χ3v) is 6.19. The Hall–Kier alpha value is -2.91. The third-order valence-electron chi connectivity index (χ3n) is 6.19. The molecule has 0 aliphatic carbocycles. The molecular weight excluding hydrogens is 358 g/mol. The quantitative estimate of drug-likeness (QED) is 0.615. The number of ketones is 1. The van der Waals surface area contributed by atoms with Crippen LogP contribution in [0.25, 0.3) is 0 Å². The Labute approximate surface area is 171 Å². The molecule has 3 heteroatoms. The minimum atomic E-state index is 0.174. The first kappa shape index (κ1) is 18.1. The van der Waals surface area contributed by atoms with Gasteiger partial charge in [0.15, 0.2) is 0 Å². The van der Waals surface area contributed by atoms with Crippen LogP contribution >= 0.6 is 0 Å². The highest BCUT2D eigenvalue weighted by molar-refractivity contribution is 5.81. The normalized spacial score (nSPS) is 21.3. The summed E-state index contributed by atoms with van der Waals surface area (Å²) in [4.78, 5) is 15.1. The molecule has 0 radical (unpaired) electrons. The molecule has 0 N–H and O–H groups in total. The third kappa shape index (κ3) is 3.70. The molecule has 146 valence electrons. The van der Waals surface area contributed by atoms with Crippen LogP contribution in [0.4, 0.5) is 0 Å². The Bertz CT molecular complexity index is 1000. The van der Waals surface area contributed by atoms with Crippen molar-refractivity contribution in [3.63, 3.8) is 0 Å². The van der Waals surface area contributed by atoms with E-state index in [1.54, 1.807) is 0 Å². The Morgan fingerprint density at radius 3 is 2.38 bits per heavy atom. The maximum atomic E-state index is 12.6. The van der Waals surface area contributed by atoms with E-state index in [0.717, 1.165) is 18.7 Å². The molecule has 3 nitrogen and oxygen atoms in total. The van der Waals surface area contributed by atoms with Gasteiger partial charge in [-0.25, -0.2) is 0 Å². The second-order valence-electron chi connectivity index (χ2n) is 8.01. The van der Waals surface area contributed by atoms with Crippen molar-refractivity contribution in [2.45, 2.75) is 38.0 Å². The number of piperidine rings is 1. The molecule has 0 amide bonds. The molecule has 0 spiro atoms. The van der Waals surface area contributed by atoms with Crippen molar-refractivity contribution in [2.24, 2.45) is 0 Å². The topological polar surface area (TPSA) is 29.5 Å². The molecule has 0 bridgehead atoms. The number of hydrogen-bond acceptors (Lipinski definition) is 3. The number of benzene rings is 3. The number of carbonyl (C=O) groups excluding carboxylic acids is 1. The molecule has 2 aliphatic heterocycles. The highest BCUT2D eigenvalue weighted by Crippen LogP contribution is 2.44. The lowest BCUT2D eigenvalue weighted by Gasteiger charge is -2.45. The van der Waals surface area contributed by atoms with Gasteiger partial charge in [-0.3, -0.25) is 9.69 Å². The van der Waals surface area contributed by atoms with Gasteiger partial charge in [0.25, 0.3) is 0 Å². The van der Waals surface area contributed by atoms with E-state index in [0.29, 0.717) is 25.2 Å². The van der Waals surface area contributed by atoms with E-state index < -0.39 is 0 Å².